The molecular weight excluding hydrogens is 305 g/mol. The van der Waals surface area contributed by atoms with E-state index >= 15 is 0 Å². The number of nitrogens with zero attached hydrogens (tertiary/aromatic N) is 1. The van der Waals surface area contributed by atoms with Gasteiger partial charge in [0.1, 0.15) is 0 Å². The van der Waals surface area contributed by atoms with Gasteiger partial charge in [0.25, 0.3) is 0 Å². The first kappa shape index (κ1) is 17.5. The lowest BCUT2D eigenvalue weighted by molar-refractivity contribution is 0.688. The van der Waals surface area contributed by atoms with Crippen LogP contribution in [-0.2, 0) is 13.0 Å². The number of hydrogen-bond acceptors (Lipinski definition) is 2. The van der Waals surface area contributed by atoms with Gasteiger partial charge in [-0.05, 0) is 42.3 Å². The first-order valence-electron chi connectivity index (χ1n) is 6.58. The summed E-state index contributed by atoms with van der Waals surface area (Å²) in [6.45, 7) is 1.87. The van der Waals surface area contributed by atoms with Crippen molar-refractivity contribution in [3.63, 3.8) is 0 Å². The minimum absolute atomic E-state index is 0. The van der Waals surface area contributed by atoms with Gasteiger partial charge >= 0.3 is 0 Å². The number of H-pyrrole nitrogens is 1. The highest BCUT2D eigenvalue weighted by Crippen LogP contribution is 2.17. The first-order valence-corrected chi connectivity index (χ1v) is 6.58. The monoisotopic (exact) mass is 323 g/mol. The molecule has 0 atom stereocenters. The smallest absolute Gasteiger partial charge is 0.0456 e. The number of hydrogen-bond donors (Lipinski definition) is 2. The zero-order chi connectivity index (χ0) is 12.9. The van der Waals surface area contributed by atoms with E-state index in [2.05, 4.69) is 45.7 Å². The summed E-state index contributed by atoms with van der Waals surface area (Å²) in [4.78, 5) is 7.33. The molecule has 2 aromatic heterocycles. The lowest BCUT2D eigenvalue weighted by Crippen LogP contribution is -2.16. The van der Waals surface area contributed by atoms with Gasteiger partial charge in [-0.3, -0.25) is 4.98 Å². The summed E-state index contributed by atoms with van der Waals surface area (Å²) in [5, 5.41) is 4.79. The van der Waals surface area contributed by atoms with Gasteiger partial charge in [0, 0.05) is 36.0 Å². The highest BCUT2D eigenvalue weighted by atomic mass is 35.5. The van der Waals surface area contributed by atoms with Crippen molar-refractivity contribution in [3.05, 3.63) is 66.1 Å². The molecule has 21 heavy (non-hydrogen) atoms. The molecule has 0 spiro atoms. The fraction of sp³-hybridized carbons (Fsp3) is 0.188. The Labute approximate surface area is 137 Å². The van der Waals surface area contributed by atoms with E-state index in [1.54, 1.807) is 0 Å². The van der Waals surface area contributed by atoms with E-state index < -0.39 is 0 Å². The van der Waals surface area contributed by atoms with Gasteiger partial charge in [-0.1, -0.05) is 18.2 Å². The number of nitrogens with one attached hydrogen (secondary N) is 2. The van der Waals surface area contributed by atoms with Crippen LogP contribution in [0.5, 0.6) is 0 Å². The number of halogens is 2. The van der Waals surface area contributed by atoms with Gasteiger partial charge in [0.2, 0.25) is 0 Å². The van der Waals surface area contributed by atoms with Crippen molar-refractivity contribution in [1.82, 2.24) is 15.3 Å². The molecule has 0 saturated carbocycles. The number of rotatable bonds is 5. The maximum Gasteiger partial charge on any atom is 0.0456 e. The van der Waals surface area contributed by atoms with Crippen LogP contribution in [0, 0.1) is 0 Å². The minimum atomic E-state index is 0. The summed E-state index contributed by atoms with van der Waals surface area (Å²) in [5.41, 5.74) is 3.86. The van der Waals surface area contributed by atoms with E-state index in [0.29, 0.717) is 0 Å². The molecule has 3 rings (SSSR count). The normalized spacial score (nSPS) is 9.90. The molecule has 112 valence electrons. The molecule has 0 aliphatic heterocycles. The van der Waals surface area contributed by atoms with E-state index in [0.717, 1.165) is 19.5 Å². The predicted octanol–water partition coefficient (Wildman–Crippen LogP) is 3.74. The Morgan fingerprint density at radius 1 is 1.00 bits per heavy atom. The quantitative estimate of drug-likeness (QED) is 0.702. The summed E-state index contributed by atoms with van der Waals surface area (Å²) in [5.74, 6) is 0. The van der Waals surface area contributed by atoms with E-state index in [9.17, 15) is 0 Å². The van der Waals surface area contributed by atoms with Crippen molar-refractivity contribution < 1.29 is 0 Å². The van der Waals surface area contributed by atoms with Gasteiger partial charge in [0.15, 0.2) is 0 Å². The van der Waals surface area contributed by atoms with Crippen LogP contribution in [0.3, 0.4) is 0 Å². The van der Waals surface area contributed by atoms with Crippen LogP contribution in [0.2, 0.25) is 0 Å². The molecule has 0 fully saturated rings. The van der Waals surface area contributed by atoms with Crippen LogP contribution in [0.4, 0.5) is 0 Å². The van der Waals surface area contributed by atoms with Gasteiger partial charge < -0.3 is 10.3 Å². The molecular formula is C16H19Cl2N3. The fourth-order valence-corrected chi connectivity index (χ4v) is 2.29. The SMILES string of the molecule is Cl.Cl.c1ccc2c(CCNCc3ccncc3)c[nH]c2c1. The van der Waals surface area contributed by atoms with Crippen LogP contribution < -0.4 is 5.32 Å². The van der Waals surface area contributed by atoms with Crippen molar-refractivity contribution in [3.8, 4) is 0 Å². The fourth-order valence-electron chi connectivity index (χ4n) is 2.29. The second-order valence-corrected chi connectivity index (χ2v) is 4.64. The van der Waals surface area contributed by atoms with Gasteiger partial charge in [-0.2, -0.15) is 0 Å². The van der Waals surface area contributed by atoms with Gasteiger partial charge in [-0.15, -0.1) is 24.8 Å². The Morgan fingerprint density at radius 3 is 2.57 bits per heavy atom. The average molecular weight is 324 g/mol. The van der Waals surface area contributed by atoms with Gasteiger partial charge in [0.05, 0.1) is 0 Å². The van der Waals surface area contributed by atoms with Crippen molar-refractivity contribution in [1.29, 1.82) is 0 Å². The zero-order valence-electron chi connectivity index (χ0n) is 11.6. The summed E-state index contributed by atoms with van der Waals surface area (Å²) in [7, 11) is 0. The van der Waals surface area contributed by atoms with Gasteiger partial charge in [-0.25, -0.2) is 0 Å². The third kappa shape index (κ3) is 4.46. The molecule has 0 amide bonds. The van der Waals surface area contributed by atoms with Crippen molar-refractivity contribution >= 4 is 35.7 Å². The average Bonchev–Trinajstić information content (AvgIpc) is 2.88. The van der Waals surface area contributed by atoms with E-state index in [1.807, 2.05) is 24.5 Å². The van der Waals surface area contributed by atoms with Crippen molar-refractivity contribution in [2.75, 3.05) is 6.54 Å². The number of aromatic amines is 1. The largest absolute Gasteiger partial charge is 0.361 e. The topological polar surface area (TPSA) is 40.7 Å². The standard InChI is InChI=1S/C16H17N3.2ClH/c1-2-4-16-15(3-1)14(12-19-16)7-10-18-11-13-5-8-17-9-6-13;;/h1-6,8-9,12,18-19H,7,10-11H2;2*1H. The molecule has 2 N–H and O–H groups in total. The minimum Gasteiger partial charge on any atom is -0.361 e. The first-order chi connectivity index (χ1) is 9.43. The molecule has 3 aromatic rings. The van der Waals surface area contributed by atoms with Crippen LogP contribution in [0.1, 0.15) is 11.1 Å². The molecule has 2 heterocycles. The van der Waals surface area contributed by atoms with Crippen LogP contribution in [-0.4, -0.2) is 16.5 Å². The zero-order valence-corrected chi connectivity index (χ0v) is 13.2. The molecule has 1 aromatic carbocycles. The second-order valence-electron chi connectivity index (χ2n) is 4.64. The maximum absolute atomic E-state index is 4.02. The Morgan fingerprint density at radius 2 is 1.76 bits per heavy atom. The Balaban J connectivity index is 0.00000110. The number of fused-ring (bicyclic) bond motifs is 1. The maximum atomic E-state index is 4.02. The van der Waals surface area contributed by atoms with Crippen LogP contribution in [0.15, 0.2) is 55.0 Å². The molecule has 3 nitrogen and oxygen atoms in total. The van der Waals surface area contributed by atoms with Crippen molar-refractivity contribution in [2.45, 2.75) is 13.0 Å². The number of benzene rings is 1. The highest BCUT2D eigenvalue weighted by Gasteiger charge is 2.01. The van der Waals surface area contributed by atoms with E-state index in [1.165, 1.54) is 22.0 Å². The molecule has 5 heteroatoms. The van der Waals surface area contributed by atoms with Crippen LogP contribution >= 0.6 is 24.8 Å². The summed E-state index contributed by atoms with van der Waals surface area (Å²) >= 11 is 0. The Bertz CT molecular complexity index is 653. The molecule has 0 saturated heterocycles. The van der Waals surface area contributed by atoms with Crippen LogP contribution in [0.25, 0.3) is 10.9 Å². The summed E-state index contributed by atoms with van der Waals surface area (Å²) in [6.07, 6.45) is 6.81. The number of para-hydroxylation sites is 1. The lowest BCUT2D eigenvalue weighted by Gasteiger charge is -2.04. The highest BCUT2D eigenvalue weighted by molar-refractivity contribution is 5.85. The third-order valence-corrected chi connectivity index (χ3v) is 3.32. The molecule has 0 unspecified atom stereocenters. The number of aromatic nitrogens is 2. The molecule has 0 bridgehead atoms. The number of pyridine rings is 1. The van der Waals surface area contributed by atoms with Crippen molar-refractivity contribution in [2.24, 2.45) is 0 Å². The van der Waals surface area contributed by atoms with E-state index in [-0.39, 0.29) is 24.8 Å². The molecule has 0 aliphatic rings. The third-order valence-electron chi connectivity index (χ3n) is 3.32. The lowest BCUT2D eigenvalue weighted by atomic mass is 10.1. The molecule has 0 radical (unpaired) electrons. The predicted molar refractivity (Wildman–Crippen MR) is 92.4 cm³/mol. The van der Waals surface area contributed by atoms with E-state index in [4.69, 9.17) is 0 Å². The summed E-state index contributed by atoms with van der Waals surface area (Å²) in [6, 6.07) is 12.5. The second kappa shape index (κ2) is 8.67. The Hall–Kier alpha value is -1.55. The Kier molecular flexibility index (Phi) is 7.23. The molecule has 0 aliphatic carbocycles. The summed E-state index contributed by atoms with van der Waals surface area (Å²) < 4.78 is 0.